The lowest BCUT2D eigenvalue weighted by molar-refractivity contribution is -0.134. The Labute approximate surface area is 168 Å². The third kappa shape index (κ3) is 2.53. The smallest absolute Gasteiger partial charge is 0.319 e. The molecule has 0 aromatic carbocycles. The molecule has 3 fully saturated rings. The van der Waals surface area contributed by atoms with Crippen LogP contribution in [0.1, 0.15) is 51.8 Å². The van der Waals surface area contributed by atoms with Gasteiger partial charge in [-0.3, -0.25) is 14.5 Å². The summed E-state index contributed by atoms with van der Waals surface area (Å²) in [7, 11) is 0. The lowest BCUT2D eigenvalue weighted by Crippen LogP contribution is -2.42. The van der Waals surface area contributed by atoms with Gasteiger partial charge in [-0.25, -0.2) is 10.2 Å². The zero-order valence-electron chi connectivity index (χ0n) is 16.7. The van der Waals surface area contributed by atoms with Crippen molar-refractivity contribution in [3.05, 3.63) is 22.4 Å². The Morgan fingerprint density at radius 3 is 2.68 bits per heavy atom. The standard InChI is InChI=1S/C20H26N4O3S/c1-18(2)12-7-8-19(18,3)13(10-12)22-23-15(25)11-24-16(26)20(4,21-17(24)27)14-6-5-9-28-14/h5-6,9,12H,7-8,10-11H2,1-4H3,(H,21,27)(H,23,25)/b22-13+. The highest BCUT2D eigenvalue weighted by atomic mass is 32.1. The number of nitrogens with zero attached hydrogens (tertiary/aromatic N) is 2. The summed E-state index contributed by atoms with van der Waals surface area (Å²) in [6, 6.07) is 3.07. The van der Waals surface area contributed by atoms with Gasteiger partial charge >= 0.3 is 6.03 Å². The second-order valence-corrected chi connectivity index (χ2v) is 9.96. The number of carbonyl (C=O) groups is 3. The van der Waals surface area contributed by atoms with Crippen molar-refractivity contribution in [3.8, 4) is 0 Å². The van der Waals surface area contributed by atoms with Crippen LogP contribution in [0.15, 0.2) is 22.6 Å². The van der Waals surface area contributed by atoms with Gasteiger partial charge in [0, 0.05) is 16.0 Å². The topological polar surface area (TPSA) is 90.9 Å². The molecule has 0 spiro atoms. The summed E-state index contributed by atoms with van der Waals surface area (Å²) in [5.41, 5.74) is 2.63. The van der Waals surface area contributed by atoms with Crippen molar-refractivity contribution >= 4 is 34.9 Å². The molecule has 7 nitrogen and oxygen atoms in total. The van der Waals surface area contributed by atoms with Crippen molar-refractivity contribution in [2.75, 3.05) is 6.54 Å². The van der Waals surface area contributed by atoms with E-state index in [0.717, 1.165) is 28.3 Å². The lowest BCUT2D eigenvalue weighted by atomic mass is 9.70. The Hall–Kier alpha value is -2.22. The van der Waals surface area contributed by atoms with Crippen LogP contribution in [0.25, 0.3) is 0 Å². The molecule has 8 heteroatoms. The first-order valence-corrected chi connectivity index (χ1v) is 10.5. The SMILES string of the molecule is CC1(c2cccs2)NC(=O)N(CC(=O)N/N=C2\CC3CCC2(C)C3(C)C)C1=O. The molecular formula is C20H26N4O3S. The monoisotopic (exact) mass is 402 g/mol. The molecule has 2 saturated carbocycles. The van der Waals surface area contributed by atoms with Crippen molar-refractivity contribution < 1.29 is 14.4 Å². The maximum absolute atomic E-state index is 12.8. The molecule has 0 radical (unpaired) electrons. The maximum atomic E-state index is 12.8. The number of imide groups is 1. The van der Waals surface area contributed by atoms with E-state index in [1.165, 1.54) is 17.8 Å². The number of urea groups is 1. The second kappa shape index (κ2) is 6.14. The molecule has 2 heterocycles. The van der Waals surface area contributed by atoms with E-state index < -0.39 is 23.4 Å². The summed E-state index contributed by atoms with van der Waals surface area (Å²) in [5, 5.41) is 8.96. The molecule has 2 aliphatic carbocycles. The molecule has 1 aliphatic heterocycles. The lowest BCUT2D eigenvalue weighted by Gasteiger charge is -2.34. The van der Waals surface area contributed by atoms with Gasteiger partial charge in [0.1, 0.15) is 6.54 Å². The normalized spacial score (nSPS) is 34.9. The van der Waals surface area contributed by atoms with Crippen molar-refractivity contribution in [1.29, 1.82) is 0 Å². The number of hydrogen-bond donors (Lipinski definition) is 2. The van der Waals surface area contributed by atoms with Crippen molar-refractivity contribution in [2.45, 2.75) is 52.5 Å². The highest BCUT2D eigenvalue weighted by molar-refractivity contribution is 7.10. The zero-order chi connectivity index (χ0) is 20.3. The predicted molar refractivity (Wildman–Crippen MR) is 107 cm³/mol. The molecule has 3 unspecified atom stereocenters. The first kappa shape index (κ1) is 19.1. The summed E-state index contributed by atoms with van der Waals surface area (Å²) in [6.07, 6.45) is 3.16. The van der Waals surface area contributed by atoms with Gasteiger partial charge in [0.25, 0.3) is 11.8 Å². The Bertz CT molecular complexity index is 878. The van der Waals surface area contributed by atoms with Crippen LogP contribution in [0.2, 0.25) is 0 Å². The summed E-state index contributed by atoms with van der Waals surface area (Å²) in [5.74, 6) is -0.294. The molecule has 150 valence electrons. The molecule has 28 heavy (non-hydrogen) atoms. The van der Waals surface area contributed by atoms with Crippen molar-refractivity contribution in [2.24, 2.45) is 21.8 Å². The van der Waals surface area contributed by atoms with Gasteiger partial charge in [-0.2, -0.15) is 5.10 Å². The number of nitrogens with one attached hydrogen (secondary N) is 2. The number of thiophene rings is 1. The Morgan fingerprint density at radius 1 is 1.36 bits per heavy atom. The van der Waals surface area contributed by atoms with Gasteiger partial charge in [0.2, 0.25) is 0 Å². The van der Waals surface area contributed by atoms with Crippen LogP contribution in [0, 0.1) is 16.7 Å². The average Bonchev–Trinajstić information content (AvgIpc) is 3.34. The number of hydrazone groups is 1. The summed E-state index contributed by atoms with van der Waals surface area (Å²) in [6.45, 7) is 8.08. The van der Waals surface area contributed by atoms with Crippen LogP contribution in [-0.4, -0.2) is 35.0 Å². The quantitative estimate of drug-likeness (QED) is 0.599. The van der Waals surface area contributed by atoms with E-state index in [4.69, 9.17) is 0 Å². The zero-order valence-corrected chi connectivity index (χ0v) is 17.5. The fourth-order valence-electron chi connectivity index (χ4n) is 4.98. The van der Waals surface area contributed by atoms with E-state index >= 15 is 0 Å². The van der Waals surface area contributed by atoms with E-state index in [0.29, 0.717) is 5.92 Å². The van der Waals surface area contributed by atoms with Crippen molar-refractivity contribution in [1.82, 2.24) is 15.6 Å². The molecule has 1 aromatic rings. The second-order valence-electron chi connectivity index (χ2n) is 9.01. The Balaban J connectivity index is 1.44. The molecular weight excluding hydrogens is 376 g/mol. The van der Waals surface area contributed by atoms with Crippen LogP contribution in [0.3, 0.4) is 0 Å². The van der Waals surface area contributed by atoms with E-state index in [-0.39, 0.29) is 17.4 Å². The first-order valence-electron chi connectivity index (χ1n) is 9.63. The summed E-state index contributed by atoms with van der Waals surface area (Å²) in [4.78, 5) is 39.2. The van der Waals surface area contributed by atoms with Crippen LogP contribution < -0.4 is 10.7 Å². The fourth-order valence-corrected chi connectivity index (χ4v) is 5.81. The first-order chi connectivity index (χ1) is 13.1. The minimum absolute atomic E-state index is 0.0104. The number of rotatable bonds is 4. The van der Waals surface area contributed by atoms with Crippen LogP contribution in [-0.2, 0) is 15.1 Å². The molecule has 2 bridgehead atoms. The van der Waals surface area contributed by atoms with Crippen LogP contribution >= 0.6 is 11.3 Å². The van der Waals surface area contributed by atoms with Gasteiger partial charge in [0.05, 0.1) is 0 Å². The Kier molecular flexibility index (Phi) is 4.19. The van der Waals surface area contributed by atoms with E-state index in [9.17, 15) is 14.4 Å². The Morgan fingerprint density at radius 2 is 2.11 bits per heavy atom. The van der Waals surface area contributed by atoms with E-state index in [2.05, 4.69) is 36.6 Å². The third-order valence-corrected chi connectivity index (χ3v) is 8.51. The van der Waals surface area contributed by atoms with Crippen molar-refractivity contribution in [3.63, 3.8) is 0 Å². The van der Waals surface area contributed by atoms with Gasteiger partial charge in [-0.05, 0) is 49.0 Å². The number of hydrogen-bond acceptors (Lipinski definition) is 5. The highest BCUT2D eigenvalue weighted by Gasteiger charge is 2.60. The number of fused-ring (bicyclic) bond motifs is 2. The van der Waals surface area contributed by atoms with Crippen LogP contribution in [0.5, 0.6) is 0 Å². The van der Waals surface area contributed by atoms with Crippen LogP contribution in [0.4, 0.5) is 4.79 Å². The highest BCUT2D eigenvalue weighted by Crippen LogP contribution is 2.63. The van der Waals surface area contributed by atoms with E-state index in [1.807, 2.05) is 11.4 Å². The predicted octanol–water partition coefficient (Wildman–Crippen LogP) is 2.83. The number of carbonyl (C=O) groups excluding carboxylic acids is 3. The molecule has 4 rings (SSSR count). The molecule has 3 aliphatic rings. The minimum atomic E-state index is -1.13. The van der Waals surface area contributed by atoms with Gasteiger partial charge < -0.3 is 5.32 Å². The summed E-state index contributed by atoms with van der Waals surface area (Å²) < 4.78 is 0. The maximum Gasteiger partial charge on any atom is 0.325 e. The molecule has 2 N–H and O–H groups in total. The molecule has 3 atom stereocenters. The minimum Gasteiger partial charge on any atom is -0.319 e. The largest absolute Gasteiger partial charge is 0.325 e. The average molecular weight is 403 g/mol. The van der Waals surface area contributed by atoms with Gasteiger partial charge in [0.15, 0.2) is 5.54 Å². The molecule has 1 aromatic heterocycles. The van der Waals surface area contributed by atoms with Gasteiger partial charge in [-0.1, -0.05) is 26.8 Å². The fraction of sp³-hybridized carbons (Fsp3) is 0.600. The van der Waals surface area contributed by atoms with E-state index in [1.54, 1.807) is 13.0 Å². The summed E-state index contributed by atoms with van der Waals surface area (Å²) >= 11 is 1.39. The third-order valence-electron chi connectivity index (χ3n) is 7.42. The molecule has 4 amide bonds. The number of amides is 4. The van der Waals surface area contributed by atoms with Gasteiger partial charge in [-0.15, -0.1) is 11.3 Å². The molecule has 1 saturated heterocycles.